The highest BCUT2D eigenvalue weighted by Crippen LogP contribution is 2.36. The first-order chi connectivity index (χ1) is 15.7. The topological polar surface area (TPSA) is 157 Å². The molecule has 0 aliphatic heterocycles. The molecule has 0 unspecified atom stereocenters. The number of nitrogens with zero attached hydrogens (tertiary/aromatic N) is 5. The van der Waals surface area contributed by atoms with E-state index < -0.39 is 0 Å². The molecule has 0 saturated heterocycles. The van der Waals surface area contributed by atoms with Gasteiger partial charge in [0.05, 0.1) is 11.4 Å². The predicted molar refractivity (Wildman–Crippen MR) is 129 cm³/mol. The molecule has 3 aromatic heterocycles. The molecule has 1 saturated carbocycles. The summed E-state index contributed by atoms with van der Waals surface area (Å²) in [6, 6.07) is 16.3. The van der Waals surface area contributed by atoms with Crippen LogP contribution in [0.2, 0.25) is 0 Å². The highest BCUT2D eigenvalue weighted by Gasteiger charge is 2.25. The number of para-hydroxylation sites is 2. The van der Waals surface area contributed by atoms with Gasteiger partial charge in [-0.25, -0.2) is 19.6 Å². The fourth-order valence-corrected chi connectivity index (χ4v) is 4.56. The van der Waals surface area contributed by atoms with E-state index in [0.29, 0.717) is 11.7 Å². The molecule has 0 bridgehead atoms. The Balaban J connectivity index is 0.00000228. The van der Waals surface area contributed by atoms with Gasteiger partial charge in [0, 0.05) is 17.2 Å². The molecule has 7 N–H and O–H groups in total. The van der Waals surface area contributed by atoms with Gasteiger partial charge in [0.2, 0.25) is 5.89 Å². The molecule has 2 aromatic carbocycles. The second-order valence-electron chi connectivity index (χ2n) is 8.38. The largest absolute Gasteiger partial charge is 0.436 e. The molecule has 0 amide bonds. The maximum Gasteiger partial charge on any atom is 0.227 e. The van der Waals surface area contributed by atoms with Crippen LogP contribution in [-0.4, -0.2) is 30.8 Å². The third-order valence-corrected chi connectivity index (χ3v) is 6.30. The number of anilines is 1. The average molecular weight is 443 g/mol. The lowest BCUT2D eigenvalue weighted by Gasteiger charge is -2.26. The van der Waals surface area contributed by atoms with Crippen LogP contribution in [0, 0.1) is 0 Å². The van der Waals surface area contributed by atoms with Crippen LogP contribution in [0.5, 0.6) is 0 Å². The molecule has 1 fully saturated rings. The lowest BCUT2D eigenvalue weighted by molar-refractivity contribution is 0.310. The molecule has 3 heterocycles. The van der Waals surface area contributed by atoms with E-state index >= 15 is 0 Å². The van der Waals surface area contributed by atoms with E-state index in [1.54, 1.807) is 0 Å². The highest BCUT2D eigenvalue weighted by molar-refractivity contribution is 5.98. The van der Waals surface area contributed by atoms with Crippen LogP contribution in [0.25, 0.3) is 44.8 Å². The Kier molecular flexibility index (Phi) is 5.27. The second kappa shape index (κ2) is 8.27. The quantitative estimate of drug-likeness (QED) is 0.369. The van der Waals surface area contributed by atoms with Crippen LogP contribution in [0.1, 0.15) is 31.7 Å². The van der Waals surface area contributed by atoms with Crippen molar-refractivity contribution in [1.29, 1.82) is 0 Å². The first kappa shape index (κ1) is 21.0. The van der Waals surface area contributed by atoms with E-state index in [1.165, 1.54) is 6.33 Å². The van der Waals surface area contributed by atoms with E-state index in [2.05, 4.69) is 15.0 Å². The Morgan fingerprint density at radius 3 is 2.39 bits per heavy atom. The number of hydrogen-bond donors (Lipinski definition) is 3. The number of nitrogens with two attached hydrogens (primary N) is 2. The predicted octanol–water partition coefficient (Wildman–Crippen LogP) is 4.49. The fourth-order valence-electron chi connectivity index (χ4n) is 4.56. The average Bonchev–Trinajstić information content (AvgIpc) is 3.43. The number of fused-ring (bicyclic) bond motifs is 2. The molecule has 0 radical (unpaired) electrons. The van der Waals surface area contributed by atoms with Gasteiger partial charge in [0.1, 0.15) is 23.4 Å². The molecule has 1 aliphatic carbocycles. The zero-order valence-corrected chi connectivity index (χ0v) is 18.2. The van der Waals surface area contributed by atoms with Gasteiger partial charge in [-0.2, -0.15) is 5.10 Å². The smallest absolute Gasteiger partial charge is 0.227 e. The number of benzene rings is 2. The summed E-state index contributed by atoms with van der Waals surface area (Å²) in [5.74, 6) is 1.03. The molecule has 5 aromatic rings. The summed E-state index contributed by atoms with van der Waals surface area (Å²) in [7, 11) is 0. The lowest BCUT2D eigenvalue weighted by atomic mass is 9.92. The first-order valence-corrected chi connectivity index (χ1v) is 10.9. The Hall–Kier alpha value is -3.82. The molecular weight excluding hydrogens is 416 g/mol. The van der Waals surface area contributed by atoms with E-state index in [9.17, 15) is 0 Å². The van der Waals surface area contributed by atoms with Crippen LogP contribution >= 0.6 is 0 Å². The van der Waals surface area contributed by atoms with Gasteiger partial charge in [-0.05, 0) is 49.9 Å². The van der Waals surface area contributed by atoms with Crippen molar-refractivity contribution in [3.8, 4) is 22.7 Å². The summed E-state index contributed by atoms with van der Waals surface area (Å²) in [6.07, 6.45) is 5.45. The van der Waals surface area contributed by atoms with Gasteiger partial charge >= 0.3 is 0 Å². The third kappa shape index (κ3) is 3.61. The Morgan fingerprint density at radius 1 is 0.909 bits per heavy atom. The van der Waals surface area contributed by atoms with Gasteiger partial charge in [-0.15, -0.1) is 0 Å². The normalized spacial score (nSPS) is 18.5. The molecule has 9 nitrogen and oxygen atoms in total. The van der Waals surface area contributed by atoms with Crippen LogP contribution in [0.4, 0.5) is 5.82 Å². The van der Waals surface area contributed by atoms with Crippen molar-refractivity contribution < 1.29 is 4.42 Å². The van der Waals surface area contributed by atoms with Gasteiger partial charge < -0.3 is 22.0 Å². The second-order valence-corrected chi connectivity index (χ2v) is 8.38. The van der Waals surface area contributed by atoms with Crippen molar-refractivity contribution in [2.75, 3.05) is 5.73 Å². The van der Waals surface area contributed by atoms with Crippen molar-refractivity contribution in [2.24, 2.45) is 5.73 Å². The standard InChI is InChI=1S/C24H23N7O.H3N/c25-16-9-11-17(12-10-16)31-23-20(22(26)27-13-28-23)21(30-31)14-5-7-15(8-6-14)24-29-18-3-1-2-4-19(18)32-24;/h1-8,13,16-17H,9-12,25H2,(H2,26,27,28);1H3. The molecular formula is C24H26N8O. The first-order valence-electron chi connectivity index (χ1n) is 10.9. The van der Waals surface area contributed by atoms with Crippen molar-refractivity contribution in [3.63, 3.8) is 0 Å². The third-order valence-electron chi connectivity index (χ3n) is 6.30. The maximum atomic E-state index is 6.27. The van der Waals surface area contributed by atoms with Crippen LogP contribution in [0.15, 0.2) is 59.3 Å². The van der Waals surface area contributed by atoms with Crippen LogP contribution < -0.4 is 17.6 Å². The van der Waals surface area contributed by atoms with E-state index in [0.717, 1.165) is 64.6 Å². The van der Waals surface area contributed by atoms with Crippen molar-refractivity contribution in [2.45, 2.75) is 37.8 Å². The zero-order valence-electron chi connectivity index (χ0n) is 18.2. The van der Waals surface area contributed by atoms with Crippen LogP contribution in [0.3, 0.4) is 0 Å². The SMILES string of the molecule is N.Nc1ncnc2c1c(-c1ccc(-c3nc4ccccc4o3)cc1)nn2C1CCC(N)CC1. The molecule has 0 atom stereocenters. The zero-order chi connectivity index (χ0) is 21.7. The van der Waals surface area contributed by atoms with Gasteiger partial charge in [-0.3, -0.25) is 0 Å². The Morgan fingerprint density at radius 2 is 1.64 bits per heavy atom. The molecule has 0 spiro atoms. The Bertz CT molecular complexity index is 1380. The fraction of sp³-hybridized carbons (Fsp3) is 0.250. The van der Waals surface area contributed by atoms with Gasteiger partial charge in [0.25, 0.3) is 0 Å². The minimum atomic E-state index is 0. The summed E-state index contributed by atoms with van der Waals surface area (Å²) in [6.45, 7) is 0. The van der Waals surface area contributed by atoms with E-state index in [1.807, 2.05) is 53.2 Å². The molecule has 1 aliphatic rings. The minimum absolute atomic E-state index is 0. The van der Waals surface area contributed by atoms with Crippen LogP contribution in [-0.2, 0) is 0 Å². The summed E-state index contributed by atoms with van der Waals surface area (Å²) in [5, 5.41) is 5.75. The number of hydrogen-bond acceptors (Lipinski definition) is 8. The summed E-state index contributed by atoms with van der Waals surface area (Å²) < 4.78 is 7.92. The van der Waals surface area contributed by atoms with Crippen molar-refractivity contribution in [1.82, 2.24) is 30.9 Å². The van der Waals surface area contributed by atoms with Gasteiger partial charge in [0.15, 0.2) is 11.2 Å². The van der Waals surface area contributed by atoms with Crippen molar-refractivity contribution >= 4 is 28.0 Å². The Labute approximate surface area is 190 Å². The number of nitrogen functional groups attached to an aromatic ring is 1. The highest BCUT2D eigenvalue weighted by atomic mass is 16.3. The maximum absolute atomic E-state index is 6.27. The molecule has 33 heavy (non-hydrogen) atoms. The van der Waals surface area contributed by atoms with Gasteiger partial charge in [-0.1, -0.05) is 24.3 Å². The monoisotopic (exact) mass is 442 g/mol. The minimum Gasteiger partial charge on any atom is -0.436 e. The van der Waals surface area contributed by atoms with Crippen molar-refractivity contribution in [3.05, 3.63) is 54.9 Å². The molecule has 6 rings (SSSR count). The lowest BCUT2D eigenvalue weighted by Crippen LogP contribution is -2.28. The molecule has 168 valence electrons. The number of oxazole rings is 1. The molecule has 9 heteroatoms. The van der Waals surface area contributed by atoms with E-state index in [4.69, 9.17) is 21.0 Å². The summed E-state index contributed by atoms with van der Waals surface area (Å²) in [4.78, 5) is 13.3. The number of rotatable bonds is 3. The summed E-state index contributed by atoms with van der Waals surface area (Å²) in [5.41, 5.74) is 17.4. The summed E-state index contributed by atoms with van der Waals surface area (Å²) >= 11 is 0. The number of aromatic nitrogens is 5. The van der Waals surface area contributed by atoms with E-state index in [-0.39, 0.29) is 18.2 Å².